The average Bonchev–Trinajstić information content (AvgIpc) is 1.87. The molecule has 2 nitrogen and oxygen atoms in total. The minimum absolute atomic E-state index is 0.0243. The Kier molecular flexibility index (Phi) is 4.29. The molecule has 56 valence electrons. The van der Waals surface area contributed by atoms with E-state index in [1.54, 1.807) is 12.4 Å². The molecule has 0 unspecified atom stereocenters. The van der Waals surface area contributed by atoms with Gasteiger partial charge in [0.15, 0.2) is 0 Å². The Morgan fingerprint density at radius 1 is 1.20 bits per heavy atom. The van der Waals surface area contributed by atoms with Crippen LogP contribution in [0.5, 0.6) is 0 Å². The van der Waals surface area contributed by atoms with Gasteiger partial charge in [0, 0.05) is 19.3 Å². The zero-order valence-corrected chi connectivity index (χ0v) is 6.66. The van der Waals surface area contributed by atoms with Crippen LogP contribution in [0.15, 0.2) is 24.6 Å². The molecule has 0 saturated heterocycles. The number of carbonyl (C=O) groups excluding carboxylic acids is 1. The zero-order chi connectivity index (χ0) is 7.98. The lowest BCUT2D eigenvalue weighted by atomic mass is 10.5. The lowest BCUT2D eigenvalue weighted by Crippen LogP contribution is -2.15. The smallest absolute Gasteiger partial charge is 0.227 e. The number of rotatable bonds is 2. The molecule has 0 aromatic carbocycles. The van der Waals surface area contributed by atoms with E-state index in [4.69, 9.17) is 0 Å². The predicted molar refractivity (Wildman–Crippen MR) is 42.1 cm³/mol. The molecular weight excluding hydrogens is 126 g/mol. The lowest BCUT2D eigenvalue weighted by Gasteiger charge is -2.08. The summed E-state index contributed by atoms with van der Waals surface area (Å²) in [5, 5.41) is 0. The first kappa shape index (κ1) is 8.95. The average molecular weight is 139 g/mol. The molecule has 0 heterocycles. The maximum atomic E-state index is 10.7. The van der Waals surface area contributed by atoms with Gasteiger partial charge in [-0.05, 0) is 13.8 Å². The molecule has 0 rings (SSSR count). The van der Waals surface area contributed by atoms with E-state index in [1.807, 2.05) is 26.0 Å². The van der Waals surface area contributed by atoms with Crippen molar-refractivity contribution in [1.82, 2.24) is 4.90 Å². The molecule has 0 N–H and O–H groups in total. The SMILES string of the molecule is C/C=C\N(/C=C\C)C(C)=O. The van der Waals surface area contributed by atoms with Crippen molar-refractivity contribution >= 4 is 5.91 Å². The van der Waals surface area contributed by atoms with Crippen LogP contribution < -0.4 is 0 Å². The molecule has 10 heavy (non-hydrogen) atoms. The fraction of sp³-hybridized carbons (Fsp3) is 0.375. The van der Waals surface area contributed by atoms with Gasteiger partial charge in [-0.1, -0.05) is 12.2 Å². The van der Waals surface area contributed by atoms with E-state index in [9.17, 15) is 4.79 Å². The second-order valence-electron chi connectivity index (χ2n) is 1.89. The van der Waals surface area contributed by atoms with Crippen molar-refractivity contribution in [3.63, 3.8) is 0 Å². The Hall–Kier alpha value is -1.05. The summed E-state index contributed by atoms with van der Waals surface area (Å²) < 4.78 is 0. The standard InChI is InChI=1S/C8H13NO/c1-4-6-9(7-5-2)8(3)10/h4-7H,1-3H3/b6-4-,7-5-. The second kappa shape index (κ2) is 4.79. The summed E-state index contributed by atoms with van der Waals surface area (Å²) in [6, 6.07) is 0. The topological polar surface area (TPSA) is 20.3 Å². The van der Waals surface area contributed by atoms with E-state index >= 15 is 0 Å². The van der Waals surface area contributed by atoms with Crippen molar-refractivity contribution in [1.29, 1.82) is 0 Å². The Morgan fingerprint density at radius 2 is 1.60 bits per heavy atom. The van der Waals surface area contributed by atoms with Crippen molar-refractivity contribution in [2.75, 3.05) is 0 Å². The third kappa shape index (κ3) is 3.07. The number of amides is 1. The Bertz CT molecular complexity index is 147. The van der Waals surface area contributed by atoms with Gasteiger partial charge in [0.1, 0.15) is 0 Å². The van der Waals surface area contributed by atoms with Gasteiger partial charge < -0.3 is 0 Å². The minimum Gasteiger partial charge on any atom is -0.296 e. The molecule has 1 amide bonds. The summed E-state index contributed by atoms with van der Waals surface area (Å²) in [6.45, 7) is 5.28. The largest absolute Gasteiger partial charge is 0.296 e. The second-order valence-corrected chi connectivity index (χ2v) is 1.89. The molecule has 0 saturated carbocycles. The van der Waals surface area contributed by atoms with E-state index in [1.165, 1.54) is 11.8 Å². The Morgan fingerprint density at radius 3 is 1.80 bits per heavy atom. The van der Waals surface area contributed by atoms with Crippen LogP contribution in [0.1, 0.15) is 20.8 Å². The maximum absolute atomic E-state index is 10.7. The van der Waals surface area contributed by atoms with Crippen LogP contribution >= 0.6 is 0 Å². The van der Waals surface area contributed by atoms with Gasteiger partial charge in [-0.15, -0.1) is 0 Å². The third-order valence-corrected chi connectivity index (χ3v) is 0.983. The first-order chi connectivity index (χ1) is 4.72. The first-order valence-corrected chi connectivity index (χ1v) is 3.27. The van der Waals surface area contributed by atoms with E-state index in [-0.39, 0.29) is 5.91 Å². The Balaban J connectivity index is 4.11. The van der Waals surface area contributed by atoms with Crippen LogP contribution in [-0.2, 0) is 4.79 Å². The van der Waals surface area contributed by atoms with Crippen LogP contribution in [0.2, 0.25) is 0 Å². The molecule has 0 aromatic heterocycles. The van der Waals surface area contributed by atoms with Gasteiger partial charge in [-0.3, -0.25) is 9.69 Å². The monoisotopic (exact) mass is 139 g/mol. The Labute approximate surface area is 61.8 Å². The molecule has 0 atom stereocenters. The maximum Gasteiger partial charge on any atom is 0.227 e. The van der Waals surface area contributed by atoms with Crippen molar-refractivity contribution in [2.45, 2.75) is 20.8 Å². The molecule has 0 aliphatic carbocycles. The normalized spacial score (nSPS) is 11.1. The highest BCUT2D eigenvalue weighted by atomic mass is 16.2. The third-order valence-electron chi connectivity index (χ3n) is 0.983. The van der Waals surface area contributed by atoms with Gasteiger partial charge in [0.05, 0.1) is 0 Å². The van der Waals surface area contributed by atoms with Gasteiger partial charge in [0.2, 0.25) is 5.91 Å². The number of carbonyl (C=O) groups is 1. The summed E-state index contributed by atoms with van der Waals surface area (Å²) >= 11 is 0. The van der Waals surface area contributed by atoms with E-state index in [0.29, 0.717) is 0 Å². The lowest BCUT2D eigenvalue weighted by molar-refractivity contribution is -0.124. The van der Waals surface area contributed by atoms with Crippen LogP contribution in [0.4, 0.5) is 0 Å². The summed E-state index contributed by atoms with van der Waals surface area (Å²) in [4.78, 5) is 12.3. The predicted octanol–water partition coefficient (Wildman–Crippen LogP) is 1.90. The zero-order valence-electron chi connectivity index (χ0n) is 6.66. The van der Waals surface area contributed by atoms with Crippen LogP contribution in [0.3, 0.4) is 0 Å². The molecule has 0 spiro atoms. The highest BCUT2D eigenvalue weighted by Crippen LogP contribution is 1.91. The number of hydrogen-bond donors (Lipinski definition) is 0. The van der Waals surface area contributed by atoms with Crippen molar-refractivity contribution in [3.05, 3.63) is 24.6 Å². The number of nitrogens with zero attached hydrogens (tertiary/aromatic N) is 1. The highest BCUT2D eigenvalue weighted by Gasteiger charge is 1.96. The molecule has 2 heteroatoms. The van der Waals surface area contributed by atoms with Gasteiger partial charge in [-0.25, -0.2) is 0 Å². The molecular formula is C8H13NO. The highest BCUT2D eigenvalue weighted by molar-refractivity contribution is 5.75. The van der Waals surface area contributed by atoms with Crippen LogP contribution in [-0.4, -0.2) is 10.8 Å². The van der Waals surface area contributed by atoms with Gasteiger partial charge in [-0.2, -0.15) is 0 Å². The van der Waals surface area contributed by atoms with Crippen LogP contribution in [0.25, 0.3) is 0 Å². The molecule has 0 fully saturated rings. The molecule has 0 aliphatic rings. The van der Waals surface area contributed by atoms with Gasteiger partial charge >= 0.3 is 0 Å². The van der Waals surface area contributed by atoms with Gasteiger partial charge in [0.25, 0.3) is 0 Å². The fourth-order valence-electron chi connectivity index (χ4n) is 0.581. The summed E-state index contributed by atoms with van der Waals surface area (Å²) in [5.74, 6) is 0.0243. The number of hydrogen-bond acceptors (Lipinski definition) is 1. The summed E-state index contributed by atoms with van der Waals surface area (Å²) in [6.07, 6.45) is 7.09. The van der Waals surface area contributed by atoms with E-state index in [2.05, 4.69) is 0 Å². The molecule has 0 aromatic rings. The van der Waals surface area contributed by atoms with Crippen molar-refractivity contribution in [2.24, 2.45) is 0 Å². The van der Waals surface area contributed by atoms with E-state index < -0.39 is 0 Å². The van der Waals surface area contributed by atoms with Crippen molar-refractivity contribution in [3.8, 4) is 0 Å². The van der Waals surface area contributed by atoms with E-state index in [0.717, 1.165) is 0 Å². The molecule has 0 bridgehead atoms. The fourth-order valence-corrected chi connectivity index (χ4v) is 0.581. The van der Waals surface area contributed by atoms with Crippen molar-refractivity contribution < 1.29 is 4.79 Å². The molecule has 0 radical (unpaired) electrons. The number of allylic oxidation sites excluding steroid dienone is 2. The minimum atomic E-state index is 0.0243. The molecule has 0 aliphatic heterocycles. The summed E-state index contributed by atoms with van der Waals surface area (Å²) in [7, 11) is 0. The quantitative estimate of drug-likeness (QED) is 0.572. The summed E-state index contributed by atoms with van der Waals surface area (Å²) in [5.41, 5.74) is 0. The first-order valence-electron chi connectivity index (χ1n) is 3.27. The van der Waals surface area contributed by atoms with Crippen LogP contribution in [0, 0.1) is 0 Å².